The molecule has 0 saturated heterocycles. The van der Waals surface area contributed by atoms with Crippen molar-refractivity contribution in [3.8, 4) is 0 Å². The van der Waals surface area contributed by atoms with E-state index in [9.17, 15) is 0 Å². The second kappa shape index (κ2) is 7.22. The maximum Gasteiger partial charge on any atom is 0.231 e. The lowest BCUT2D eigenvalue weighted by Gasteiger charge is -2.24. The highest BCUT2D eigenvalue weighted by atomic mass is 35.5. The fraction of sp³-hybridized carbons (Fsp3) is 0.133. The molecule has 20 heavy (non-hydrogen) atoms. The Labute approximate surface area is 129 Å². The molecular formula is C15H16ClN3S. The van der Waals surface area contributed by atoms with Gasteiger partial charge in [-0.2, -0.15) is 0 Å². The molecule has 0 aromatic heterocycles. The van der Waals surface area contributed by atoms with Gasteiger partial charge in [0.05, 0.1) is 11.4 Å². The monoisotopic (exact) mass is 305 g/mol. The van der Waals surface area contributed by atoms with Gasteiger partial charge in [0.15, 0.2) is 0 Å². The van der Waals surface area contributed by atoms with Crippen LogP contribution in [-0.4, -0.2) is 23.6 Å². The first-order valence-corrected chi connectivity index (χ1v) is 7.67. The Bertz CT molecular complexity index is 560. The Hall–Kier alpha value is -1.65. The summed E-state index contributed by atoms with van der Waals surface area (Å²) in [7, 11) is 1.94. The van der Waals surface area contributed by atoms with Crippen molar-refractivity contribution in [1.29, 1.82) is 0 Å². The van der Waals surface area contributed by atoms with Crippen LogP contribution in [0.2, 0.25) is 0 Å². The molecule has 0 aliphatic rings. The van der Waals surface area contributed by atoms with Crippen LogP contribution >= 0.6 is 23.7 Å². The molecule has 2 aromatic rings. The SMILES string of the molecule is CSN(C)C(=Nc1ccccc1)N(Cl)c1ccccc1. The Kier molecular flexibility index (Phi) is 5.32. The van der Waals surface area contributed by atoms with E-state index in [1.165, 1.54) is 0 Å². The van der Waals surface area contributed by atoms with Crippen molar-refractivity contribution in [1.82, 2.24) is 4.31 Å². The Balaban J connectivity index is 2.36. The summed E-state index contributed by atoms with van der Waals surface area (Å²) in [6.45, 7) is 0. The molecule has 0 N–H and O–H groups in total. The summed E-state index contributed by atoms with van der Waals surface area (Å²) in [5, 5.41) is 0. The molecule has 0 aliphatic carbocycles. The molecule has 0 spiro atoms. The van der Waals surface area contributed by atoms with E-state index >= 15 is 0 Å². The molecule has 0 unspecified atom stereocenters. The first-order valence-electron chi connectivity index (χ1n) is 6.15. The van der Waals surface area contributed by atoms with Gasteiger partial charge in [-0.3, -0.25) is 4.31 Å². The molecule has 0 amide bonds. The van der Waals surface area contributed by atoms with Crippen LogP contribution in [0.5, 0.6) is 0 Å². The van der Waals surface area contributed by atoms with Crippen LogP contribution in [-0.2, 0) is 0 Å². The standard InChI is InChI=1S/C15H16ClN3S/c1-18(20-2)15(17-13-9-5-3-6-10-13)19(16)14-11-7-4-8-12-14/h3-12H,1-2H3. The number of hydrogen-bond donors (Lipinski definition) is 0. The number of rotatable bonds is 3. The molecule has 104 valence electrons. The van der Waals surface area contributed by atoms with Gasteiger partial charge >= 0.3 is 0 Å². The molecule has 0 atom stereocenters. The number of nitrogens with zero attached hydrogens (tertiary/aromatic N) is 3. The summed E-state index contributed by atoms with van der Waals surface area (Å²) in [6.07, 6.45) is 1.98. The predicted octanol–water partition coefficient (Wildman–Crippen LogP) is 4.54. The zero-order valence-electron chi connectivity index (χ0n) is 11.4. The van der Waals surface area contributed by atoms with Gasteiger partial charge in [-0.1, -0.05) is 48.3 Å². The molecule has 0 radical (unpaired) electrons. The third-order valence-electron chi connectivity index (χ3n) is 2.70. The lowest BCUT2D eigenvalue weighted by atomic mass is 10.3. The van der Waals surface area contributed by atoms with Gasteiger partial charge in [0.1, 0.15) is 0 Å². The van der Waals surface area contributed by atoms with E-state index < -0.39 is 0 Å². The second-order valence-electron chi connectivity index (χ2n) is 4.04. The van der Waals surface area contributed by atoms with E-state index in [2.05, 4.69) is 4.99 Å². The van der Waals surface area contributed by atoms with E-state index in [1.807, 2.05) is 78.3 Å². The van der Waals surface area contributed by atoms with Gasteiger partial charge in [0, 0.05) is 25.1 Å². The van der Waals surface area contributed by atoms with E-state index in [0.29, 0.717) is 5.96 Å². The molecule has 5 heteroatoms. The number of para-hydroxylation sites is 2. The molecule has 3 nitrogen and oxygen atoms in total. The predicted molar refractivity (Wildman–Crippen MR) is 89.6 cm³/mol. The van der Waals surface area contributed by atoms with Gasteiger partial charge in [0.2, 0.25) is 5.96 Å². The number of aliphatic imine (C=N–C) groups is 1. The van der Waals surface area contributed by atoms with Crippen molar-refractivity contribution in [3.63, 3.8) is 0 Å². The van der Waals surface area contributed by atoms with Crippen molar-refractivity contribution in [2.75, 3.05) is 17.7 Å². The summed E-state index contributed by atoms with van der Waals surface area (Å²) in [5.74, 6) is 0.663. The van der Waals surface area contributed by atoms with E-state index in [4.69, 9.17) is 11.8 Å². The van der Waals surface area contributed by atoms with E-state index in [0.717, 1.165) is 11.4 Å². The minimum atomic E-state index is 0.663. The molecule has 0 fully saturated rings. The largest absolute Gasteiger partial charge is 0.288 e. The third-order valence-corrected chi connectivity index (χ3v) is 3.76. The molecule has 0 saturated carbocycles. The van der Waals surface area contributed by atoms with Crippen molar-refractivity contribution in [2.24, 2.45) is 4.99 Å². The molecule has 2 aromatic carbocycles. The van der Waals surface area contributed by atoms with Crippen LogP contribution < -0.4 is 4.42 Å². The topological polar surface area (TPSA) is 18.8 Å². The normalized spacial score (nSPS) is 11.2. The highest BCUT2D eigenvalue weighted by Gasteiger charge is 2.15. The van der Waals surface area contributed by atoms with Crippen molar-refractivity contribution >= 4 is 41.1 Å². The zero-order chi connectivity index (χ0) is 14.4. The maximum atomic E-state index is 6.44. The van der Waals surface area contributed by atoms with Crippen LogP contribution in [0.3, 0.4) is 0 Å². The van der Waals surface area contributed by atoms with E-state index in [1.54, 1.807) is 16.4 Å². The summed E-state index contributed by atoms with van der Waals surface area (Å²) in [6, 6.07) is 19.5. The van der Waals surface area contributed by atoms with Crippen LogP contribution in [0.25, 0.3) is 0 Å². The van der Waals surface area contributed by atoms with Gasteiger partial charge < -0.3 is 0 Å². The van der Waals surface area contributed by atoms with E-state index in [-0.39, 0.29) is 0 Å². The lowest BCUT2D eigenvalue weighted by Crippen LogP contribution is -2.32. The smallest absolute Gasteiger partial charge is 0.231 e. The Morgan fingerprint density at radius 3 is 2.10 bits per heavy atom. The van der Waals surface area contributed by atoms with Gasteiger partial charge in [-0.05, 0) is 24.3 Å². The number of hydrogen-bond acceptors (Lipinski definition) is 2. The van der Waals surface area contributed by atoms with Gasteiger partial charge in [0.25, 0.3) is 0 Å². The average Bonchev–Trinajstić information content (AvgIpc) is 2.53. The first kappa shape index (κ1) is 14.8. The average molecular weight is 306 g/mol. The fourth-order valence-electron chi connectivity index (χ4n) is 1.61. The summed E-state index contributed by atoms with van der Waals surface area (Å²) < 4.78 is 3.48. The fourth-order valence-corrected chi connectivity index (χ4v) is 2.21. The van der Waals surface area contributed by atoms with Crippen molar-refractivity contribution < 1.29 is 0 Å². The van der Waals surface area contributed by atoms with Crippen LogP contribution in [0.1, 0.15) is 0 Å². The third kappa shape index (κ3) is 3.68. The van der Waals surface area contributed by atoms with Crippen LogP contribution in [0, 0.1) is 0 Å². The number of guanidine groups is 1. The number of anilines is 1. The summed E-state index contributed by atoms with van der Waals surface area (Å²) >= 11 is 7.99. The minimum absolute atomic E-state index is 0.663. The molecular weight excluding hydrogens is 290 g/mol. The first-order chi connectivity index (χ1) is 9.72. The summed E-state index contributed by atoms with van der Waals surface area (Å²) in [4.78, 5) is 4.62. The van der Waals surface area contributed by atoms with Gasteiger partial charge in [-0.15, -0.1) is 0 Å². The number of benzene rings is 2. The highest BCUT2D eigenvalue weighted by Crippen LogP contribution is 2.22. The quantitative estimate of drug-likeness (QED) is 0.359. The van der Waals surface area contributed by atoms with Gasteiger partial charge in [-0.25, -0.2) is 9.41 Å². The molecule has 0 aliphatic heterocycles. The molecule has 0 bridgehead atoms. The van der Waals surface area contributed by atoms with Crippen molar-refractivity contribution in [2.45, 2.75) is 0 Å². The highest BCUT2D eigenvalue weighted by molar-refractivity contribution is 7.96. The van der Waals surface area contributed by atoms with Crippen LogP contribution in [0.15, 0.2) is 65.7 Å². The summed E-state index contributed by atoms with van der Waals surface area (Å²) in [5.41, 5.74) is 1.75. The maximum absolute atomic E-state index is 6.44. The Morgan fingerprint density at radius 2 is 1.55 bits per heavy atom. The van der Waals surface area contributed by atoms with Crippen molar-refractivity contribution in [3.05, 3.63) is 60.7 Å². The van der Waals surface area contributed by atoms with Crippen LogP contribution in [0.4, 0.5) is 11.4 Å². The second-order valence-corrected chi connectivity index (χ2v) is 5.29. The molecule has 2 rings (SSSR count). The lowest BCUT2D eigenvalue weighted by molar-refractivity contribution is 0.832. The Morgan fingerprint density at radius 1 is 1.00 bits per heavy atom. The minimum Gasteiger partial charge on any atom is -0.288 e. The number of halogens is 1. The zero-order valence-corrected chi connectivity index (χ0v) is 13.0. The molecule has 0 heterocycles.